The molecule has 1 aliphatic rings. The summed E-state index contributed by atoms with van der Waals surface area (Å²) in [4.78, 5) is -0.416. The second kappa shape index (κ2) is 5.39. The van der Waals surface area contributed by atoms with Crippen molar-refractivity contribution in [1.82, 2.24) is 5.32 Å². The molecule has 4 rings (SSSR count). The lowest BCUT2D eigenvalue weighted by Crippen LogP contribution is -2.22. The van der Waals surface area contributed by atoms with Gasteiger partial charge in [-0.05, 0) is 43.3 Å². The third-order valence-electron chi connectivity index (χ3n) is 4.14. The molecule has 7 heteroatoms. The maximum atomic E-state index is 13.4. The van der Waals surface area contributed by atoms with Crippen LogP contribution in [-0.2, 0) is 22.8 Å². The minimum absolute atomic E-state index is 0.0119. The zero-order chi connectivity index (χ0) is 16.9. The molecule has 0 radical (unpaired) electrons. The van der Waals surface area contributed by atoms with E-state index in [1.165, 1.54) is 12.1 Å². The van der Waals surface area contributed by atoms with E-state index in [4.69, 9.17) is 4.42 Å². The molecular weight excluding hydrogens is 336 g/mol. The quantitative estimate of drug-likeness (QED) is 0.772. The van der Waals surface area contributed by atoms with Crippen LogP contribution in [0, 0.1) is 11.6 Å². The first-order valence-corrected chi connectivity index (χ1v) is 8.90. The molecule has 0 fully saturated rings. The van der Waals surface area contributed by atoms with Gasteiger partial charge in [-0.25, -0.2) is 17.2 Å². The Morgan fingerprint density at radius 2 is 1.75 bits per heavy atom. The van der Waals surface area contributed by atoms with Gasteiger partial charge >= 0.3 is 0 Å². The molecule has 3 aromatic rings. The molecule has 1 aromatic heterocycles. The summed E-state index contributed by atoms with van der Waals surface area (Å²) in [5, 5.41) is 3.92. The standard InChI is InChI=1S/C17H13F2NO3S/c18-10-5-11(19)7-13(6-10)24(21,22)12-1-2-16-15(8-12)14-3-4-20-9-17(14)23-16/h1-2,5-8,20H,3-4,9H2. The van der Waals surface area contributed by atoms with Crippen LogP contribution in [0.15, 0.2) is 50.6 Å². The lowest BCUT2D eigenvalue weighted by molar-refractivity contribution is 0.488. The highest BCUT2D eigenvalue weighted by atomic mass is 32.2. The number of fused-ring (bicyclic) bond motifs is 3. The summed E-state index contributed by atoms with van der Waals surface area (Å²) in [7, 11) is -4.02. The molecule has 0 spiro atoms. The van der Waals surface area contributed by atoms with Gasteiger partial charge in [-0.3, -0.25) is 0 Å². The summed E-state index contributed by atoms with van der Waals surface area (Å²) < 4.78 is 57.9. The Morgan fingerprint density at radius 1 is 1.00 bits per heavy atom. The molecule has 24 heavy (non-hydrogen) atoms. The van der Waals surface area contributed by atoms with E-state index in [1.807, 2.05) is 0 Å². The van der Waals surface area contributed by atoms with Gasteiger partial charge in [-0.1, -0.05) is 0 Å². The monoisotopic (exact) mass is 349 g/mol. The minimum atomic E-state index is -4.02. The van der Waals surface area contributed by atoms with Crippen molar-refractivity contribution in [3.8, 4) is 0 Å². The van der Waals surface area contributed by atoms with Gasteiger partial charge in [0.25, 0.3) is 0 Å². The second-order valence-corrected chi connectivity index (χ2v) is 7.65. The number of hydrogen-bond acceptors (Lipinski definition) is 4. The van der Waals surface area contributed by atoms with E-state index in [0.717, 1.165) is 41.8 Å². The normalized spacial score (nSPS) is 14.8. The van der Waals surface area contributed by atoms with Gasteiger partial charge in [0.05, 0.1) is 16.3 Å². The molecule has 124 valence electrons. The first-order chi connectivity index (χ1) is 11.4. The molecule has 4 nitrogen and oxygen atoms in total. The fourth-order valence-electron chi connectivity index (χ4n) is 3.00. The topological polar surface area (TPSA) is 59.3 Å². The van der Waals surface area contributed by atoms with Crippen molar-refractivity contribution in [1.29, 1.82) is 0 Å². The van der Waals surface area contributed by atoms with E-state index in [0.29, 0.717) is 18.2 Å². The Labute approximate surface area is 137 Å². The Kier molecular flexibility index (Phi) is 3.43. The van der Waals surface area contributed by atoms with Crippen molar-refractivity contribution in [2.24, 2.45) is 0 Å². The maximum Gasteiger partial charge on any atom is 0.206 e. The molecule has 0 aliphatic carbocycles. The number of furan rings is 1. The van der Waals surface area contributed by atoms with Crippen LogP contribution >= 0.6 is 0 Å². The van der Waals surface area contributed by atoms with E-state index in [-0.39, 0.29) is 4.90 Å². The molecule has 0 atom stereocenters. The van der Waals surface area contributed by atoms with Gasteiger partial charge in [0.1, 0.15) is 23.0 Å². The first kappa shape index (κ1) is 15.3. The number of nitrogens with one attached hydrogen (secondary N) is 1. The third kappa shape index (κ3) is 2.40. The number of benzene rings is 2. The van der Waals surface area contributed by atoms with Crippen molar-refractivity contribution in [2.75, 3.05) is 6.54 Å². The average Bonchev–Trinajstić information content (AvgIpc) is 2.91. The smallest absolute Gasteiger partial charge is 0.206 e. The fraction of sp³-hybridized carbons (Fsp3) is 0.176. The van der Waals surface area contributed by atoms with Crippen LogP contribution in [0.5, 0.6) is 0 Å². The van der Waals surface area contributed by atoms with E-state index >= 15 is 0 Å². The minimum Gasteiger partial charge on any atom is -0.459 e. The highest BCUT2D eigenvalue weighted by Crippen LogP contribution is 2.32. The zero-order valence-electron chi connectivity index (χ0n) is 12.5. The van der Waals surface area contributed by atoms with Crippen LogP contribution in [0.4, 0.5) is 8.78 Å². The van der Waals surface area contributed by atoms with Gasteiger partial charge < -0.3 is 9.73 Å². The zero-order valence-corrected chi connectivity index (χ0v) is 13.3. The highest BCUT2D eigenvalue weighted by molar-refractivity contribution is 7.91. The number of sulfone groups is 1. The summed E-state index contributed by atoms with van der Waals surface area (Å²) in [6.07, 6.45) is 0.737. The van der Waals surface area contributed by atoms with Crippen LogP contribution in [0.3, 0.4) is 0 Å². The number of hydrogen-bond donors (Lipinski definition) is 1. The summed E-state index contributed by atoms with van der Waals surface area (Å²) in [5.74, 6) is -1.06. The van der Waals surface area contributed by atoms with Crippen LogP contribution in [-0.4, -0.2) is 15.0 Å². The molecule has 0 saturated carbocycles. The van der Waals surface area contributed by atoms with E-state index < -0.39 is 26.4 Å². The molecule has 0 amide bonds. The van der Waals surface area contributed by atoms with Crippen molar-refractivity contribution in [3.63, 3.8) is 0 Å². The lowest BCUT2D eigenvalue weighted by atomic mass is 10.1. The van der Waals surface area contributed by atoms with Crippen LogP contribution < -0.4 is 5.32 Å². The average molecular weight is 349 g/mol. The SMILES string of the molecule is O=S(=O)(c1cc(F)cc(F)c1)c1ccc2oc3c(c2c1)CCNC3. The van der Waals surface area contributed by atoms with Crippen molar-refractivity contribution >= 4 is 20.8 Å². The van der Waals surface area contributed by atoms with Gasteiger partial charge in [0, 0.05) is 17.0 Å². The largest absolute Gasteiger partial charge is 0.459 e. The van der Waals surface area contributed by atoms with Crippen LogP contribution in [0.25, 0.3) is 11.0 Å². The number of halogens is 2. The van der Waals surface area contributed by atoms with Gasteiger partial charge in [-0.15, -0.1) is 0 Å². The van der Waals surface area contributed by atoms with Crippen molar-refractivity contribution in [2.45, 2.75) is 22.8 Å². The molecule has 1 aliphatic heterocycles. The maximum absolute atomic E-state index is 13.4. The van der Waals surface area contributed by atoms with Crippen LogP contribution in [0.2, 0.25) is 0 Å². The third-order valence-corrected chi connectivity index (χ3v) is 5.87. The molecule has 2 heterocycles. The predicted octanol–water partition coefficient (Wildman–Crippen LogP) is 3.19. The van der Waals surface area contributed by atoms with E-state index in [1.54, 1.807) is 6.07 Å². The number of rotatable bonds is 2. The summed E-state index contributed by atoms with van der Waals surface area (Å²) in [6.45, 7) is 1.38. The highest BCUT2D eigenvalue weighted by Gasteiger charge is 2.23. The molecule has 0 saturated heterocycles. The summed E-state index contributed by atoms with van der Waals surface area (Å²) in [6, 6.07) is 6.76. The van der Waals surface area contributed by atoms with E-state index in [9.17, 15) is 17.2 Å². The Bertz CT molecular complexity index is 1040. The predicted molar refractivity (Wildman–Crippen MR) is 83.4 cm³/mol. The second-order valence-electron chi connectivity index (χ2n) is 5.70. The molecule has 0 unspecified atom stereocenters. The molecule has 2 aromatic carbocycles. The molecule has 1 N–H and O–H groups in total. The summed E-state index contributed by atoms with van der Waals surface area (Å²) in [5.41, 5.74) is 1.58. The van der Waals surface area contributed by atoms with E-state index in [2.05, 4.69) is 5.32 Å². The Morgan fingerprint density at radius 3 is 2.50 bits per heavy atom. The fourth-order valence-corrected chi connectivity index (χ4v) is 4.33. The van der Waals surface area contributed by atoms with Gasteiger partial charge in [-0.2, -0.15) is 0 Å². The Hall–Kier alpha value is -2.25. The Balaban J connectivity index is 1.89. The first-order valence-electron chi connectivity index (χ1n) is 7.41. The van der Waals surface area contributed by atoms with Crippen molar-refractivity contribution in [3.05, 3.63) is 59.4 Å². The van der Waals surface area contributed by atoms with Crippen LogP contribution in [0.1, 0.15) is 11.3 Å². The van der Waals surface area contributed by atoms with Crippen molar-refractivity contribution < 1.29 is 21.6 Å². The van der Waals surface area contributed by atoms with Gasteiger partial charge in [0.2, 0.25) is 9.84 Å². The van der Waals surface area contributed by atoms with Gasteiger partial charge in [0.15, 0.2) is 0 Å². The lowest BCUT2D eigenvalue weighted by Gasteiger charge is -2.11. The summed E-state index contributed by atoms with van der Waals surface area (Å²) >= 11 is 0. The molecular formula is C17H13F2NO3S. The molecule has 0 bridgehead atoms.